The number of morpholine rings is 1. The molecule has 7 nitrogen and oxygen atoms in total. The summed E-state index contributed by atoms with van der Waals surface area (Å²) in [6.07, 6.45) is 0. The Balaban J connectivity index is 1.77. The van der Waals surface area contributed by atoms with Crippen LogP contribution in [0.3, 0.4) is 0 Å². The van der Waals surface area contributed by atoms with Crippen LogP contribution in [0.25, 0.3) is 0 Å². The first-order chi connectivity index (χ1) is 13.4. The number of nitrogens with zero attached hydrogens (tertiary/aromatic N) is 1. The van der Waals surface area contributed by atoms with E-state index < -0.39 is 26.6 Å². The lowest BCUT2D eigenvalue weighted by atomic mass is 10.2. The third kappa shape index (κ3) is 4.49. The van der Waals surface area contributed by atoms with Crippen molar-refractivity contribution in [2.75, 3.05) is 33.4 Å². The van der Waals surface area contributed by atoms with E-state index in [0.29, 0.717) is 5.75 Å². The smallest absolute Gasteiger partial charge is 0.251 e. The molecule has 1 heterocycles. The number of hydrogen-bond acceptors (Lipinski definition) is 5. The van der Waals surface area contributed by atoms with Gasteiger partial charge in [-0.2, -0.15) is 4.31 Å². The molecule has 1 N–H and O–H groups in total. The first kappa shape index (κ1) is 20.2. The van der Waals surface area contributed by atoms with Crippen molar-refractivity contribution < 1.29 is 27.1 Å². The topological polar surface area (TPSA) is 84.9 Å². The van der Waals surface area contributed by atoms with E-state index in [-0.39, 0.29) is 38.4 Å². The van der Waals surface area contributed by atoms with Crippen LogP contribution in [-0.2, 0) is 21.3 Å². The molecule has 1 aliphatic rings. The predicted octanol–water partition coefficient (Wildman–Crippen LogP) is 1.79. The van der Waals surface area contributed by atoms with Crippen molar-refractivity contribution in [3.8, 4) is 5.75 Å². The van der Waals surface area contributed by atoms with Crippen molar-refractivity contribution in [1.82, 2.24) is 9.62 Å². The number of rotatable bonds is 6. The van der Waals surface area contributed by atoms with Gasteiger partial charge in [-0.05, 0) is 35.9 Å². The normalized spacial score (nSPS) is 15.2. The van der Waals surface area contributed by atoms with E-state index in [0.717, 1.165) is 22.0 Å². The lowest BCUT2D eigenvalue weighted by Gasteiger charge is -2.26. The van der Waals surface area contributed by atoms with Gasteiger partial charge in [-0.25, -0.2) is 12.8 Å². The summed E-state index contributed by atoms with van der Waals surface area (Å²) in [7, 11) is -2.49. The van der Waals surface area contributed by atoms with E-state index in [1.807, 2.05) is 6.07 Å². The molecule has 0 aromatic heterocycles. The van der Waals surface area contributed by atoms with E-state index in [9.17, 15) is 17.6 Å². The lowest BCUT2D eigenvalue weighted by molar-refractivity contribution is 0.0729. The number of carbonyl (C=O) groups excluding carboxylic acids is 1. The Morgan fingerprint density at radius 3 is 2.68 bits per heavy atom. The van der Waals surface area contributed by atoms with Crippen molar-refractivity contribution in [1.29, 1.82) is 0 Å². The molecular formula is C19H21FN2O5S. The van der Waals surface area contributed by atoms with Gasteiger partial charge >= 0.3 is 0 Å². The van der Waals surface area contributed by atoms with Crippen molar-refractivity contribution >= 4 is 15.9 Å². The Bertz CT molecular complexity index is 959. The van der Waals surface area contributed by atoms with Crippen molar-refractivity contribution in [2.24, 2.45) is 0 Å². The third-order valence-electron chi connectivity index (χ3n) is 4.37. The number of benzene rings is 2. The lowest BCUT2D eigenvalue weighted by Crippen LogP contribution is -2.41. The number of nitrogens with one attached hydrogen (secondary N) is 1. The second-order valence-corrected chi connectivity index (χ2v) is 8.10. The monoisotopic (exact) mass is 408 g/mol. The number of amides is 1. The fourth-order valence-corrected chi connectivity index (χ4v) is 4.33. The van der Waals surface area contributed by atoms with Crippen LogP contribution in [0.4, 0.5) is 4.39 Å². The van der Waals surface area contributed by atoms with E-state index in [1.54, 1.807) is 25.3 Å². The molecule has 150 valence electrons. The van der Waals surface area contributed by atoms with Crippen LogP contribution in [0.15, 0.2) is 47.4 Å². The van der Waals surface area contributed by atoms with Crippen LogP contribution in [-0.4, -0.2) is 52.0 Å². The second-order valence-electron chi connectivity index (χ2n) is 6.20. The van der Waals surface area contributed by atoms with Crippen LogP contribution in [0.2, 0.25) is 0 Å². The Morgan fingerprint density at radius 1 is 1.21 bits per heavy atom. The van der Waals surface area contributed by atoms with Gasteiger partial charge in [-0.15, -0.1) is 0 Å². The fourth-order valence-electron chi connectivity index (χ4n) is 2.84. The molecule has 0 radical (unpaired) electrons. The van der Waals surface area contributed by atoms with Crippen LogP contribution in [0.1, 0.15) is 15.9 Å². The summed E-state index contributed by atoms with van der Waals surface area (Å²) in [5.41, 5.74) is 0.882. The maximum Gasteiger partial charge on any atom is 0.251 e. The Kier molecular flexibility index (Phi) is 6.28. The molecule has 3 rings (SSSR count). The van der Waals surface area contributed by atoms with Crippen LogP contribution in [0.5, 0.6) is 5.75 Å². The van der Waals surface area contributed by atoms with Gasteiger partial charge in [0, 0.05) is 25.2 Å². The molecule has 2 aromatic carbocycles. The second kappa shape index (κ2) is 8.68. The highest BCUT2D eigenvalue weighted by Crippen LogP contribution is 2.22. The first-order valence-electron chi connectivity index (χ1n) is 8.70. The van der Waals surface area contributed by atoms with Crippen molar-refractivity contribution in [2.45, 2.75) is 11.4 Å². The minimum atomic E-state index is -4.04. The number of carbonyl (C=O) groups is 1. The van der Waals surface area contributed by atoms with Gasteiger partial charge in [0.15, 0.2) is 0 Å². The van der Waals surface area contributed by atoms with Gasteiger partial charge in [0.2, 0.25) is 10.0 Å². The first-order valence-corrected chi connectivity index (χ1v) is 10.1. The zero-order valence-corrected chi connectivity index (χ0v) is 16.2. The Hall–Kier alpha value is -2.49. The third-order valence-corrected chi connectivity index (χ3v) is 6.28. The van der Waals surface area contributed by atoms with Crippen LogP contribution in [0, 0.1) is 5.82 Å². The van der Waals surface area contributed by atoms with Crippen molar-refractivity contribution in [3.05, 3.63) is 59.4 Å². The van der Waals surface area contributed by atoms with Gasteiger partial charge in [0.05, 0.1) is 20.3 Å². The summed E-state index contributed by atoms with van der Waals surface area (Å²) in [6.45, 7) is 1.02. The Morgan fingerprint density at radius 2 is 1.96 bits per heavy atom. The van der Waals surface area contributed by atoms with E-state index in [2.05, 4.69) is 5.32 Å². The number of halogens is 1. The van der Waals surface area contributed by atoms with Gasteiger partial charge in [0.1, 0.15) is 16.5 Å². The number of ether oxygens (including phenoxy) is 2. The van der Waals surface area contributed by atoms with Crippen LogP contribution < -0.4 is 10.1 Å². The SMILES string of the molecule is COc1cccc(CNC(=O)c2ccc(F)c(S(=O)(=O)N3CCOCC3)c2)c1. The molecule has 0 aliphatic carbocycles. The molecule has 0 spiro atoms. The molecule has 0 bridgehead atoms. The van der Waals surface area contributed by atoms with Crippen LogP contribution >= 0.6 is 0 Å². The molecule has 0 atom stereocenters. The molecule has 0 saturated carbocycles. The van der Waals surface area contributed by atoms with Gasteiger partial charge in [0.25, 0.3) is 5.91 Å². The molecule has 28 heavy (non-hydrogen) atoms. The summed E-state index contributed by atoms with van der Waals surface area (Å²) in [4.78, 5) is 11.9. The maximum absolute atomic E-state index is 14.2. The molecular weight excluding hydrogens is 387 g/mol. The minimum absolute atomic E-state index is 0.0659. The zero-order valence-electron chi connectivity index (χ0n) is 15.4. The quantitative estimate of drug-likeness (QED) is 0.788. The van der Waals surface area contributed by atoms with Gasteiger partial charge < -0.3 is 14.8 Å². The molecule has 9 heteroatoms. The summed E-state index contributed by atoms with van der Waals surface area (Å²) < 4.78 is 51.1. The van der Waals surface area contributed by atoms with E-state index in [4.69, 9.17) is 9.47 Å². The minimum Gasteiger partial charge on any atom is -0.497 e. The standard InChI is InChI=1S/C19H21FN2O5S/c1-26-16-4-2-3-14(11-16)13-21-19(23)15-5-6-17(20)18(12-15)28(24,25)22-7-9-27-10-8-22/h2-6,11-12H,7-10,13H2,1H3,(H,21,23). The summed E-state index contributed by atoms with van der Waals surface area (Å²) in [6, 6.07) is 10.5. The maximum atomic E-state index is 14.2. The zero-order chi connectivity index (χ0) is 20.1. The molecule has 2 aromatic rings. The average Bonchev–Trinajstić information content (AvgIpc) is 2.73. The summed E-state index contributed by atoms with van der Waals surface area (Å²) in [5, 5.41) is 2.70. The summed E-state index contributed by atoms with van der Waals surface area (Å²) in [5.74, 6) is -0.732. The van der Waals surface area contributed by atoms with E-state index >= 15 is 0 Å². The molecule has 1 saturated heterocycles. The van der Waals surface area contributed by atoms with E-state index in [1.165, 1.54) is 6.07 Å². The molecule has 0 unspecified atom stereocenters. The fraction of sp³-hybridized carbons (Fsp3) is 0.316. The predicted molar refractivity (Wildman–Crippen MR) is 100 cm³/mol. The molecule has 1 fully saturated rings. The molecule has 1 aliphatic heterocycles. The van der Waals surface area contributed by atoms with Crippen molar-refractivity contribution in [3.63, 3.8) is 0 Å². The number of sulfonamides is 1. The van der Waals surface area contributed by atoms with Gasteiger partial charge in [-0.3, -0.25) is 4.79 Å². The summed E-state index contributed by atoms with van der Waals surface area (Å²) >= 11 is 0. The highest BCUT2D eigenvalue weighted by Gasteiger charge is 2.29. The Labute approximate surface area is 163 Å². The average molecular weight is 408 g/mol. The highest BCUT2D eigenvalue weighted by atomic mass is 32.2. The van der Waals surface area contributed by atoms with Gasteiger partial charge in [-0.1, -0.05) is 12.1 Å². The highest BCUT2D eigenvalue weighted by molar-refractivity contribution is 7.89. The number of methoxy groups -OCH3 is 1. The number of hydrogen-bond donors (Lipinski definition) is 1. The largest absolute Gasteiger partial charge is 0.497 e. The molecule has 1 amide bonds.